The Balaban J connectivity index is 2.02. The van der Waals surface area contributed by atoms with Gasteiger partial charge in [0.25, 0.3) is 0 Å². The lowest BCUT2D eigenvalue weighted by molar-refractivity contribution is 0.214. The van der Waals surface area contributed by atoms with Crippen molar-refractivity contribution in [3.8, 4) is 5.75 Å². The van der Waals surface area contributed by atoms with E-state index in [-0.39, 0.29) is 0 Å². The average molecular weight is 438 g/mol. The quantitative estimate of drug-likeness (QED) is 0.299. The van der Waals surface area contributed by atoms with Crippen LogP contribution < -0.4 is 10.1 Å². The number of unbranched alkanes of at least 4 members (excludes halogenated alkanes) is 8. The standard InChI is InChI=1S/C29H43NO2/c1-5-7-9-11-13-15-25-18-20-28(26(22-25)16-14-12-10-8-6-2)32-29(31)30-27-19-17-23(3)21-24(27)4/h17-22H,5-16H2,1-4H3,(H,30,31). The summed E-state index contributed by atoms with van der Waals surface area (Å²) in [7, 11) is 0. The summed E-state index contributed by atoms with van der Waals surface area (Å²) in [5, 5.41) is 2.90. The Morgan fingerprint density at radius 3 is 2.09 bits per heavy atom. The van der Waals surface area contributed by atoms with Gasteiger partial charge in [-0.2, -0.15) is 0 Å². The van der Waals surface area contributed by atoms with E-state index in [1.54, 1.807) is 0 Å². The minimum Gasteiger partial charge on any atom is -0.410 e. The van der Waals surface area contributed by atoms with Crippen molar-refractivity contribution >= 4 is 11.8 Å². The SMILES string of the molecule is CCCCCCCc1ccc(OC(=O)Nc2ccc(C)cc2C)c(CCCCCCC)c1. The monoisotopic (exact) mass is 437 g/mol. The highest BCUT2D eigenvalue weighted by Gasteiger charge is 2.12. The number of rotatable bonds is 14. The van der Waals surface area contributed by atoms with Gasteiger partial charge in [0.05, 0.1) is 0 Å². The third-order valence-electron chi connectivity index (χ3n) is 6.06. The zero-order chi connectivity index (χ0) is 23.2. The minimum atomic E-state index is -0.420. The van der Waals surface area contributed by atoms with Crippen molar-refractivity contribution in [1.82, 2.24) is 0 Å². The summed E-state index contributed by atoms with van der Waals surface area (Å²) in [5.74, 6) is 0.692. The van der Waals surface area contributed by atoms with Gasteiger partial charge in [-0.15, -0.1) is 0 Å². The molecule has 0 radical (unpaired) electrons. The maximum absolute atomic E-state index is 12.6. The van der Waals surface area contributed by atoms with E-state index in [2.05, 4.69) is 37.4 Å². The Morgan fingerprint density at radius 2 is 1.44 bits per heavy atom. The molecule has 0 fully saturated rings. The van der Waals surface area contributed by atoms with E-state index in [9.17, 15) is 4.79 Å². The lowest BCUT2D eigenvalue weighted by Crippen LogP contribution is -2.18. The topological polar surface area (TPSA) is 38.3 Å². The Labute approximate surface area is 196 Å². The van der Waals surface area contributed by atoms with Crippen molar-refractivity contribution in [2.75, 3.05) is 5.32 Å². The number of benzene rings is 2. The summed E-state index contributed by atoms with van der Waals surface area (Å²) in [4.78, 5) is 12.6. The van der Waals surface area contributed by atoms with Gasteiger partial charge in [-0.25, -0.2) is 4.79 Å². The zero-order valence-electron chi connectivity index (χ0n) is 20.8. The van der Waals surface area contributed by atoms with Crippen LogP contribution in [0.5, 0.6) is 5.75 Å². The molecule has 0 aliphatic rings. The van der Waals surface area contributed by atoms with E-state index >= 15 is 0 Å². The molecule has 0 heterocycles. The number of ether oxygens (including phenoxy) is 1. The summed E-state index contributed by atoms with van der Waals surface area (Å²) >= 11 is 0. The Bertz CT molecular complexity index is 828. The number of hydrogen-bond acceptors (Lipinski definition) is 2. The van der Waals surface area contributed by atoms with E-state index in [1.165, 1.54) is 68.9 Å². The van der Waals surface area contributed by atoms with E-state index in [4.69, 9.17) is 4.74 Å². The lowest BCUT2D eigenvalue weighted by atomic mass is 9.99. The van der Waals surface area contributed by atoms with Crippen molar-refractivity contribution < 1.29 is 9.53 Å². The molecule has 0 spiro atoms. The molecule has 0 atom stereocenters. The molecule has 1 N–H and O–H groups in total. The third-order valence-corrected chi connectivity index (χ3v) is 6.06. The highest BCUT2D eigenvalue weighted by molar-refractivity contribution is 5.87. The van der Waals surface area contributed by atoms with Crippen molar-refractivity contribution in [3.63, 3.8) is 0 Å². The molecule has 176 valence electrons. The minimum absolute atomic E-state index is 0.420. The first-order valence-electron chi connectivity index (χ1n) is 12.7. The normalized spacial score (nSPS) is 10.9. The van der Waals surface area contributed by atoms with Crippen LogP contribution in [-0.2, 0) is 12.8 Å². The van der Waals surface area contributed by atoms with Crippen molar-refractivity contribution in [3.05, 3.63) is 58.7 Å². The van der Waals surface area contributed by atoms with Crippen molar-refractivity contribution in [2.45, 2.75) is 105 Å². The predicted molar refractivity (Wildman–Crippen MR) is 137 cm³/mol. The zero-order valence-corrected chi connectivity index (χ0v) is 20.8. The molecule has 2 aromatic carbocycles. The number of aryl methyl sites for hydroxylation is 4. The molecule has 0 unspecified atom stereocenters. The molecule has 3 nitrogen and oxygen atoms in total. The van der Waals surface area contributed by atoms with Crippen molar-refractivity contribution in [2.24, 2.45) is 0 Å². The van der Waals surface area contributed by atoms with E-state index in [0.29, 0.717) is 5.75 Å². The molecule has 1 amide bonds. The molecule has 0 aliphatic carbocycles. The van der Waals surface area contributed by atoms with Gasteiger partial charge in [0.2, 0.25) is 0 Å². The molecule has 0 aliphatic heterocycles. The van der Waals surface area contributed by atoms with Gasteiger partial charge in [-0.05, 0) is 68.4 Å². The maximum atomic E-state index is 12.6. The highest BCUT2D eigenvalue weighted by atomic mass is 16.6. The maximum Gasteiger partial charge on any atom is 0.417 e. The first-order chi connectivity index (χ1) is 15.5. The summed E-state index contributed by atoms with van der Waals surface area (Å²) in [6.45, 7) is 8.54. The second-order valence-electron chi connectivity index (χ2n) is 9.10. The Morgan fingerprint density at radius 1 is 0.781 bits per heavy atom. The third kappa shape index (κ3) is 9.46. The van der Waals surface area contributed by atoms with E-state index < -0.39 is 6.09 Å². The van der Waals surface area contributed by atoms with Gasteiger partial charge in [-0.1, -0.05) is 95.0 Å². The summed E-state index contributed by atoms with van der Waals surface area (Å²) in [6.07, 6.45) is 14.2. The Hall–Kier alpha value is -2.29. The number of anilines is 1. The fourth-order valence-electron chi connectivity index (χ4n) is 4.12. The number of nitrogens with one attached hydrogen (secondary N) is 1. The highest BCUT2D eigenvalue weighted by Crippen LogP contribution is 2.25. The molecular weight excluding hydrogens is 394 g/mol. The van der Waals surface area contributed by atoms with E-state index in [0.717, 1.165) is 36.1 Å². The smallest absolute Gasteiger partial charge is 0.410 e. The van der Waals surface area contributed by atoms with Crippen LogP contribution in [0.2, 0.25) is 0 Å². The molecule has 2 rings (SSSR count). The number of carbonyl (C=O) groups is 1. The number of amides is 1. The van der Waals surface area contributed by atoms with Crippen LogP contribution in [0.15, 0.2) is 36.4 Å². The molecule has 32 heavy (non-hydrogen) atoms. The van der Waals surface area contributed by atoms with Gasteiger partial charge in [0, 0.05) is 5.69 Å². The van der Waals surface area contributed by atoms with Crippen LogP contribution in [0.4, 0.5) is 10.5 Å². The first-order valence-corrected chi connectivity index (χ1v) is 12.7. The predicted octanol–water partition coefficient (Wildman–Crippen LogP) is 8.94. The molecule has 0 saturated carbocycles. The van der Waals surface area contributed by atoms with Gasteiger partial charge in [-0.3, -0.25) is 5.32 Å². The Kier molecular flexibility index (Phi) is 11.9. The summed E-state index contributed by atoms with van der Waals surface area (Å²) in [5.41, 5.74) is 5.52. The first kappa shape index (κ1) is 26.0. The fraction of sp³-hybridized carbons (Fsp3) is 0.552. The molecule has 0 saturated heterocycles. The van der Waals surface area contributed by atoms with Crippen LogP contribution in [0.3, 0.4) is 0 Å². The van der Waals surface area contributed by atoms with Crippen LogP contribution in [0, 0.1) is 13.8 Å². The van der Waals surface area contributed by atoms with Gasteiger partial charge in [0.1, 0.15) is 5.75 Å². The lowest BCUT2D eigenvalue weighted by Gasteiger charge is -2.14. The molecule has 0 aromatic heterocycles. The van der Waals surface area contributed by atoms with Crippen LogP contribution in [0.1, 0.15) is 100 Å². The van der Waals surface area contributed by atoms with Gasteiger partial charge >= 0.3 is 6.09 Å². The van der Waals surface area contributed by atoms with Crippen LogP contribution in [-0.4, -0.2) is 6.09 Å². The van der Waals surface area contributed by atoms with Crippen LogP contribution in [0.25, 0.3) is 0 Å². The molecule has 2 aromatic rings. The van der Waals surface area contributed by atoms with E-state index in [1.807, 2.05) is 32.0 Å². The summed E-state index contributed by atoms with van der Waals surface area (Å²) in [6, 6.07) is 12.4. The second kappa shape index (κ2) is 14.7. The number of hydrogen-bond donors (Lipinski definition) is 1. The molecule has 3 heteroatoms. The number of carbonyl (C=O) groups excluding carboxylic acids is 1. The van der Waals surface area contributed by atoms with Gasteiger partial charge in [0.15, 0.2) is 0 Å². The molecule has 0 bridgehead atoms. The average Bonchev–Trinajstić information content (AvgIpc) is 2.77. The fourth-order valence-corrected chi connectivity index (χ4v) is 4.12. The second-order valence-corrected chi connectivity index (χ2v) is 9.10. The van der Waals surface area contributed by atoms with Crippen LogP contribution >= 0.6 is 0 Å². The largest absolute Gasteiger partial charge is 0.417 e. The van der Waals surface area contributed by atoms with Crippen molar-refractivity contribution in [1.29, 1.82) is 0 Å². The summed E-state index contributed by atoms with van der Waals surface area (Å²) < 4.78 is 5.78. The van der Waals surface area contributed by atoms with Gasteiger partial charge < -0.3 is 4.74 Å². The molecular formula is C29H43NO2.